The zero-order chi connectivity index (χ0) is 12.8. The molecule has 0 aliphatic heterocycles. The predicted molar refractivity (Wildman–Crippen MR) is 65.3 cm³/mol. The van der Waals surface area contributed by atoms with Crippen LogP contribution in [0.3, 0.4) is 0 Å². The molecule has 0 saturated heterocycles. The van der Waals surface area contributed by atoms with E-state index in [0.717, 1.165) is 5.69 Å². The Morgan fingerprint density at radius 1 is 1.47 bits per heavy atom. The Morgan fingerprint density at radius 3 is 2.65 bits per heavy atom. The third-order valence-corrected chi connectivity index (χ3v) is 2.62. The lowest BCUT2D eigenvalue weighted by Gasteiger charge is -2.15. The normalized spacial score (nSPS) is 11.9. The van der Waals surface area contributed by atoms with Crippen LogP contribution in [0.4, 0.5) is 5.82 Å². The second-order valence-electron chi connectivity index (χ2n) is 5.04. The third-order valence-electron chi connectivity index (χ3n) is 2.62. The first kappa shape index (κ1) is 11.4. The lowest BCUT2D eigenvalue weighted by Crippen LogP contribution is -2.14. The largest absolute Gasteiger partial charge is 0.478 e. The number of pyridine rings is 1. The SMILES string of the molecule is CC(C)(C)c1nc2cc(C(=O)O)ccn2c1N. The first-order valence-electron chi connectivity index (χ1n) is 5.32. The molecule has 0 spiro atoms. The molecule has 0 atom stereocenters. The fraction of sp³-hybridized carbons (Fsp3) is 0.333. The minimum atomic E-state index is -0.966. The Bertz CT molecular complexity index is 594. The van der Waals surface area contributed by atoms with E-state index in [1.165, 1.54) is 12.1 Å². The van der Waals surface area contributed by atoms with Crippen molar-refractivity contribution < 1.29 is 9.90 Å². The third kappa shape index (κ3) is 1.84. The number of fused-ring (bicyclic) bond motifs is 1. The Balaban J connectivity index is 2.70. The molecule has 0 aliphatic rings. The number of nitrogens with zero attached hydrogens (tertiary/aromatic N) is 2. The van der Waals surface area contributed by atoms with Gasteiger partial charge in [0, 0.05) is 11.6 Å². The van der Waals surface area contributed by atoms with Crippen molar-refractivity contribution in [3.05, 3.63) is 29.6 Å². The smallest absolute Gasteiger partial charge is 0.335 e. The number of nitrogen functional groups attached to an aromatic ring is 1. The number of rotatable bonds is 1. The van der Waals surface area contributed by atoms with Gasteiger partial charge in [0.1, 0.15) is 11.5 Å². The summed E-state index contributed by atoms with van der Waals surface area (Å²) in [5.41, 5.74) is 7.39. The highest BCUT2D eigenvalue weighted by Crippen LogP contribution is 2.28. The molecule has 0 amide bonds. The number of carbonyl (C=O) groups is 1. The van der Waals surface area contributed by atoms with Crippen LogP contribution in [-0.2, 0) is 5.41 Å². The van der Waals surface area contributed by atoms with Crippen LogP contribution in [0.5, 0.6) is 0 Å². The van der Waals surface area contributed by atoms with Crippen LogP contribution in [0.15, 0.2) is 18.3 Å². The average Bonchev–Trinajstić information content (AvgIpc) is 2.55. The molecule has 17 heavy (non-hydrogen) atoms. The molecule has 0 unspecified atom stereocenters. The van der Waals surface area contributed by atoms with Gasteiger partial charge in [-0.2, -0.15) is 0 Å². The summed E-state index contributed by atoms with van der Waals surface area (Å²) in [6, 6.07) is 3.04. The number of carboxylic acid groups (broad SMARTS) is 1. The maximum absolute atomic E-state index is 10.9. The van der Waals surface area contributed by atoms with E-state index < -0.39 is 5.97 Å². The lowest BCUT2D eigenvalue weighted by atomic mass is 9.92. The molecule has 5 nitrogen and oxygen atoms in total. The average molecular weight is 233 g/mol. The van der Waals surface area contributed by atoms with Crippen molar-refractivity contribution >= 4 is 17.4 Å². The number of aromatic nitrogens is 2. The summed E-state index contributed by atoms with van der Waals surface area (Å²) in [6.07, 6.45) is 1.64. The summed E-state index contributed by atoms with van der Waals surface area (Å²) in [5.74, 6) is -0.407. The molecule has 0 radical (unpaired) electrons. The number of carboxylic acids is 1. The lowest BCUT2D eigenvalue weighted by molar-refractivity contribution is 0.0697. The molecule has 5 heteroatoms. The van der Waals surface area contributed by atoms with Gasteiger partial charge in [-0.3, -0.25) is 4.40 Å². The molecule has 2 aromatic heterocycles. The van der Waals surface area contributed by atoms with Crippen LogP contribution in [0.2, 0.25) is 0 Å². The van der Waals surface area contributed by atoms with Gasteiger partial charge >= 0.3 is 5.97 Å². The van der Waals surface area contributed by atoms with Crippen molar-refractivity contribution in [2.24, 2.45) is 0 Å². The van der Waals surface area contributed by atoms with Crippen molar-refractivity contribution in [3.63, 3.8) is 0 Å². The zero-order valence-corrected chi connectivity index (χ0v) is 10.1. The first-order valence-corrected chi connectivity index (χ1v) is 5.32. The molecule has 0 saturated carbocycles. The molecule has 3 N–H and O–H groups in total. The van der Waals surface area contributed by atoms with Gasteiger partial charge in [-0.1, -0.05) is 20.8 Å². The van der Waals surface area contributed by atoms with E-state index >= 15 is 0 Å². The van der Waals surface area contributed by atoms with Crippen LogP contribution in [-0.4, -0.2) is 20.5 Å². The molecule has 0 aromatic carbocycles. The monoisotopic (exact) mass is 233 g/mol. The maximum Gasteiger partial charge on any atom is 0.335 e. The number of nitrogens with two attached hydrogens (primary N) is 1. The van der Waals surface area contributed by atoms with E-state index in [0.29, 0.717) is 11.5 Å². The highest BCUT2D eigenvalue weighted by Gasteiger charge is 2.22. The second kappa shape index (κ2) is 3.48. The molecule has 2 rings (SSSR count). The van der Waals surface area contributed by atoms with Gasteiger partial charge in [-0.05, 0) is 12.1 Å². The van der Waals surface area contributed by atoms with Gasteiger partial charge in [-0.25, -0.2) is 9.78 Å². The van der Waals surface area contributed by atoms with Crippen molar-refractivity contribution in [2.75, 3.05) is 5.73 Å². The predicted octanol–water partition coefficient (Wildman–Crippen LogP) is 1.91. The van der Waals surface area contributed by atoms with Crippen LogP contribution >= 0.6 is 0 Å². The van der Waals surface area contributed by atoms with E-state index in [-0.39, 0.29) is 11.0 Å². The fourth-order valence-corrected chi connectivity index (χ4v) is 1.75. The van der Waals surface area contributed by atoms with E-state index in [1.54, 1.807) is 10.6 Å². The number of aromatic carboxylic acids is 1. The van der Waals surface area contributed by atoms with E-state index in [1.807, 2.05) is 20.8 Å². The van der Waals surface area contributed by atoms with Crippen LogP contribution in [0, 0.1) is 0 Å². The second-order valence-corrected chi connectivity index (χ2v) is 5.04. The minimum absolute atomic E-state index is 0.167. The van der Waals surface area contributed by atoms with Gasteiger partial charge in [0.25, 0.3) is 0 Å². The minimum Gasteiger partial charge on any atom is -0.478 e. The van der Waals surface area contributed by atoms with E-state index in [4.69, 9.17) is 10.8 Å². The number of hydrogen-bond acceptors (Lipinski definition) is 3. The quantitative estimate of drug-likeness (QED) is 0.788. The summed E-state index contributed by atoms with van der Waals surface area (Å²) in [4.78, 5) is 15.3. The van der Waals surface area contributed by atoms with Crippen LogP contribution in [0.25, 0.3) is 5.65 Å². The van der Waals surface area contributed by atoms with E-state index in [9.17, 15) is 4.79 Å². The molecule has 90 valence electrons. The molecular weight excluding hydrogens is 218 g/mol. The molecule has 0 fully saturated rings. The molecule has 0 aliphatic carbocycles. The Morgan fingerprint density at radius 2 is 2.12 bits per heavy atom. The first-order chi connectivity index (χ1) is 7.80. The number of anilines is 1. The number of hydrogen-bond donors (Lipinski definition) is 2. The van der Waals surface area contributed by atoms with Gasteiger partial charge in [0.05, 0.1) is 11.3 Å². The Hall–Kier alpha value is -2.04. The standard InChI is InChI=1S/C12H15N3O2/c1-12(2,3)9-10(13)15-5-4-7(11(16)17)6-8(15)14-9/h4-6H,13H2,1-3H3,(H,16,17). The highest BCUT2D eigenvalue weighted by atomic mass is 16.4. The molecule has 0 bridgehead atoms. The van der Waals surface area contributed by atoms with Crippen molar-refractivity contribution in [1.82, 2.24) is 9.38 Å². The van der Waals surface area contributed by atoms with Gasteiger partial charge < -0.3 is 10.8 Å². The number of imidazole rings is 1. The van der Waals surface area contributed by atoms with Crippen LogP contribution < -0.4 is 5.73 Å². The fourth-order valence-electron chi connectivity index (χ4n) is 1.75. The van der Waals surface area contributed by atoms with Crippen molar-refractivity contribution in [2.45, 2.75) is 26.2 Å². The summed E-state index contributed by atoms with van der Waals surface area (Å²) in [5, 5.41) is 8.91. The summed E-state index contributed by atoms with van der Waals surface area (Å²) in [7, 11) is 0. The van der Waals surface area contributed by atoms with Gasteiger partial charge in [0.2, 0.25) is 0 Å². The Kier molecular flexibility index (Phi) is 2.34. The Labute approximate surface area is 98.9 Å². The summed E-state index contributed by atoms with van der Waals surface area (Å²) < 4.78 is 1.70. The highest BCUT2D eigenvalue weighted by molar-refractivity contribution is 5.88. The van der Waals surface area contributed by atoms with Crippen molar-refractivity contribution in [1.29, 1.82) is 0 Å². The maximum atomic E-state index is 10.9. The van der Waals surface area contributed by atoms with Gasteiger partial charge in [0.15, 0.2) is 0 Å². The van der Waals surface area contributed by atoms with Gasteiger partial charge in [-0.15, -0.1) is 0 Å². The molecule has 2 heterocycles. The van der Waals surface area contributed by atoms with E-state index in [2.05, 4.69) is 4.98 Å². The summed E-state index contributed by atoms with van der Waals surface area (Å²) >= 11 is 0. The van der Waals surface area contributed by atoms with Crippen molar-refractivity contribution in [3.8, 4) is 0 Å². The zero-order valence-electron chi connectivity index (χ0n) is 10.1. The molecular formula is C12H15N3O2. The topological polar surface area (TPSA) is 80.6 Å². The summed E-state index contributed by atoms with van der Waals surface area (Å²) in [6.45, 7) is 6.05. The molecule has 2 aromatic rings. The van der Waals surface area contributed by atoms with Crippen LogP contribution in [0.1, 0.15) is 36.8 Å².